The van der Waals surface area contributed by atoms with Gasteiger partial charge < -0.3 is 15.2 Å². The van der Waals surface area contributed by atoms with Crippen LogP contribution in [0.5, 0.6) is 0 Å². The Morgan fingerprint density at radius 1 is 1.28 bits per heavy atom. The molecule has 0 atom stereocenters. The molecule has 1 amide bonds. The molecule has 29 heavy (non-hydrogen) atoms. The van der Waals surface area contributed by atoms with Crippen LogP contribution in [0.15, 0.2) is 34.1 Å². The SMILES string of the molecule is COC(=O)c1ccc(NC(=O)CSc2nc(=O)n(CCCO)c3c2CCC3)cc1. The molecule has 1 aromatic carbocycles. The minimum atomic E-state index is -0.438. The highest BCUT2D eigenvalue weighted by atomic mass is 32.2. The average Bonchev–Trinajstić information content (AvgIpc) is 3.21. The number of nitrogens with zero attached hydrogens (tertiary/aromatic N) is 2. The number of nitrogens with one attached hydrogen (secondary N) is 1. The number of esters is 1. The summed E-state index contributed by atoms with van der Waals surface area (Å²) in [5, 5.41) is 12.4. The number of carbonyl (C=O) groups is 2. The van der Waals surface area contributed by atoms with Crippen LogP contribution in [0.25, 0.3) is 0 Å². The van der Waals surface area contributed by atoms with E-state index in [1.807, 2.05) is 0 Å². The molecule has 3 rings (SSSR count). The van der Waals surface area contributed by atoms with Crippen molar-refractivity contribution >= 4 is 29.3 Å². The van der Waals surface area contributed by atoms with Crippen LogP contribution in [0.3, 0.4) is 0 Å². The third-order valence-corrected chi connectivity index (χ3v) is 5.69. The number of hydrogen-bond donors (Lipinski definition) is 2. The highest BCUT2D eigenvalue weighted by molar-refractivity contribution is 8.00. The lowest BCUT2D eigenvalue weighted by Gasteiger charge is -2.13. The lowest BCUT2D eigenvalue weighted by atomic mass is 10.2. The summed E-state index contributed by atoms with van der Waals surface area (Å²) in [6.07, 6.45) is 3.11. The highest BCUT2D eigenvalue weighted by Gasteiger charge is 2.22. The molecule has 154 valence electrons. The quantitative estimate of drug-likeness (QED) is 0.382. The second-order valence-corrected chi connectivity index (χ2v) is 7.58. The van der Waals surface area contributed by atoms with Gasteiger partial charge >= 0.3 is 11.7 Å². The smallest absolute Gasteiger partial charge is 0.348 e. The third kappa shape index (κ3) is 5.04. The van der Waals surface area contributed by atoms with Crippen molar-refractivity contribution in [1.29, 1.82) is 0 Å². The van der Waals surface area contributed by atoms with Crippen LogP contribution in [0.2, 0.25) is 0 Å². The van der Waals surface area contributed by atoms with E-state index < -0.39 is 5.97 Å². The van der Waals surface area contributed by atoms with Gasteiger partial charge in [0, 0.05) is 30.1 Å². The number of fused-ring (bicyclic) bond motifs is 1. The second kappa shape index (κ2) is 9.71. The van der Waals surface area contributed by atoms with E-state index in [1.54, 1.807) is 28.8 Å². The number of aromatic nitrogens is 2. The number of methoxy groups -OCH3 is 1. The van der Waals surface area contributed by atoms with Crippen LogP contribution in [-0.2, 0) is 28.9 Å². The van der Waals surface area contributed by atoms with Crippen molar-refractivity contribution in [1.82, 2.24) is 9.55 Å². The molecule has 0 unspecified atom stereocenters. The van der Waals surface area contributed by atoms with E-state index in [4.69, 9.17) is 5.11 Å². The Morgan fingerprint density at radius 2 is 2.03 bits per heavy atom. The normalized spacial score (nSPS) is 12.5. The molecule has 9 heteroatoms. The fourth-order valence-corrected chi connectivity index (χ4v) is 4.18. The van der Waals surface area contributed by atoms with Gasteiger partial charge in [-0.2, -0.15) is 4.98 Å². The molecule has 2 N–H and O–H groups in total. The van der Waals surface area contributed by atoms with Gasteiger partial charge in [0.05, 0.1) is 18.4 Å². The van der Waals surface area contributed by atoms with Gasteiger partial charge in [-0.05, 0) is 49.9 Å². The molecule has 0 saturated carbocycles. The molecule has 1 heterocycles. The van der Waals surface area contributed by atoms with Crippen LogP contribution in [0.4, 0.5) is 5.69 Å². The Hall–Kier alpha value is -2.65. The molecule has 0 radical (unpaired) electrons. The number of anilines is 1. The number of aliphatic hydroxyl groups is 1. The first kappa shape index (κ1) is 21.1. The number of hydrogen-bond acceptors (Lipinski definition) is 7. The van der Waals surface area contributed by atoms with E-state index in [0.29, 0.717) is 29.2 Å². The Morgan fingerprint density at radius 3 is 2.72 bits per heavy atom. The number of aliphatic hydroxyl groups excluding tert-OH is 1. The first-order valence-electron chi connectivity index (χ1n) is 9.38. The maximum atomic E-state index is 12.4. The van der Waals surface area contributed by atoms with E-state index in [1.165, 1.54) is 18.9 Å². The monoisotopic (exact) mass is 417 g/mol. The third-order valence-electron chi connectivity index (χ3n) is 4.67. The largest absolute Gasteiger partial charge is 0.465 e. The fourth-order valence-electron chi connectivity index (χ4n) is 3.30. The molecule has 1 aliphatic rings. The summed E-state index contributed by atoms with van der Waals surface area (Å²) in [4.78, 5) is 40.3. The lowest BCUT2D eigenvalue weighted by Crippen LogP contribution is -2.28. The van der Waals surface area contributed by atoms with Crippen molar-refractivity contribution in [2.75, 3.05) is 24.8 Å². The predicted octanol–water partition coefficient (Wildman–Crippen LogP) is 1.63. The summed E-state index contributed by atoms with van der Waals surface area (Å²) in [5.74, 6) is -0.538. The molecule has 1 aliphatic carbocycles. The van der Waals surface area contributed by atoms with E-state index in [-0.39, 0.29) is 24.0 Å². The van der Waals surface area contributed by atoms with Gasteiger partial charge in [-0.3, -0.25) is 9.36 Å². The zero-order valence-corrected chi connectivity index (χ0v) is 17.0. The van der Waals surface area contributed by atoms with Crippen molar-refractivity contribution in [2.45, 2.75) is 37.3 Å². The number of carbonyl (C=O) groups excluding carboxylic acids is 2. The summed E-state index contributed by atoms with van der Waals surface area (Å²) in [5.41, 5.74) is 2.64. The number of amides is 1. The Bertz CT molecular complexity index is 956. The Labute approximate surface area is 172 Å². The predicted molar refractivity (Wildman–Crippen MR) is 109 cm³/mol. The number of rotatable bonds is 8. The molecular weight excluding hydrogens is 394 g/mol. The van der Waals surface area contributed by atoms with Crippen molar-refractivity contribution in [2.24, 2.45) is 0 Å². The van der Waals surface area contributed by atoms with Gasteiger partial charge in [-0.1, -0.05) is 11.8 Å². The number of thioether (sulfide) groups is 1. The standard InChI is InChI=1S/C20H23N3O5S/c1-28-19(26)13-6-8-14(9-7-13)21-17(25)12-29-18-15-4-2-5-16(15)23(10-3-11-24)20(27)22-18/h6-9,24H,2-5,10-12H2,1H3,(H,21,25). The van der Waals surface area contributed by atoms with Crippen LogP contribution in [0.1, 0.15) is 34.5 Å². The van der Waals surface area contributed by atoms with E-state index in [9.17, 15) is 14.4 Å². The van der Waals surface area contributed by atoms with Gasteiger partial charge in [0.2, 0.25) is 5.91 Å². The summed E-state index contributed by atoms with van der Waals surface area (Å²) >= 11 is 1.25. The summed E-state index contributed by atoms with van der Waals surface area (Å²) < 4.78 is 6.29. The second-order valence-electron chi connectivity index (χ2n) is 6.61. The van der Waals surface area contributed by atoms with Crippen molar-refractivity contribution in [3.05, 3.63) is 51.6 Å². The van der Waals surface area contributed by atoms with E-state index in [2.05, 4.69) is 15.0 Å². The van der Waals surface area contributed by atoms with Crippen LogP contribution < -0.4 is 11.0 Å². The average molecular weight is 417 g/mol. The molecule has 0 aliphatic heterocycles. The number of benzene rings is 1. The minimum Gasteiger partial charge on any atom is -0.465 e. The summed E-state index contributed by atoms with van der Waals surface area (Å²) in [6.45, 7) is 0.482. The van der Waals surface area contributed by atoms with E-state index >= 15 is 0 Å². The molecule has 0 fully saturated rings. The zero-order valence-electron chi connectivity index (χ0n) is 16.1. The summed E-state index contributed by atoms with van der Waals surface area (Å²) in [7, 11) is 1.31. The van der Waals surface area contributed by atoms with Crippen molar-refractivity contribution in [3.63, 3.8) is 0 Å². The Balaban J connectivity index is 1.65. The fraction of sp³-hybridized carbons (Fsp3) is 0.400. The Kier molecular flexibility index (Phi) is 7.05. The molecule has 2 aromatic rings. The lowest BCUT2D eigenvalue weighted by molar-refractivity contribution is -0.113. The maximum Gasteiger partial charge on any atom is 0.348 e. The van der Waals surface area contributed by atoms with Gasteiger partial charge in [-0.15, -0.1) is 0 Å². The molecule has 0 spiro atoms. The van der Waals surface area contributed by atoms with E-state index in [0.717, 1.165) is 30.5 Å². The molecule has 8 nitrogen and oxygen atoms in total. The van der Waals surface area contributed by atoms with Crippen molar-refractivity contribution in [3.8, 4) is 0 Å². The molecule has 0 saturated heterocycles. The molecular formula is C20H23N3O5S. The van der Waals surface area contributed by atoms with Crippen LogP contribution >= 0.6 is 11.8 Å². The molecule has 0 bridgehead atoms. The van der Waals surface area contributed by atoms with Crippen LogP contribution in [-0.4, -0.2) is 46.0 Å². The van der Waals surface area contributed by atoms with Gasteiger partial charge in [0.15, 0.2) is 0 Å². The minimum absolute atomic E-state index is 0.0263. The first-order valence-corrected chi connectivity index (χ1v) is 10.4. The summed E-state index contributed by atoms with van der Waals surface area (Å²) in [6, 6.07) is 6.42. The topological polar surface area (TPSA) is 111 Å². The van der Waals surface area contributed by atoms with Gasteiger partial charge in [0.1, 0.15) is 5.03 Å². The molecule has 1 aromatic heterocycles. The number of ether oxygens (including phenoxy) is 1. The van der Waals surface area contributed by atoms with Crippen molar-refractivity contribution < 1.29 is 19.4 Å². The zero-order chi connectivity index (χ0) is 20.8. The van der Waals surface area contributed by atoms with Gasteiger partial charge in [-0.25, -0.2) is 9.59 Å². The van der Waals surface area contributed by atoms with Gasteiger partial charge in [0.25, 0.3) is 0 Å². The highest BCUT2D eigenvalue weighted by Crippen LogP contribution is 2.29. The maximum absolute atomic E-state index is 12.4. The first-order chi connectivity index (χ1) is 14.0. The van der Waals surface area contributed by atoms with Crippen LogP contribution in [0, 0.1) is 0 Å².